The Kier molecular flexibility index (Phi) is 4.86. The molecule has 0 amide bonds. The van der Waals surface area contributed by atoms with Crippen molar-refractivity contribution in [1.82, 2.24) is 4.90 Å². The van der Waals surface area contributed by atoms with Crippen molar-refractivity contribution < 1.29 is 4.74 Å². The van der Waals surface area contributed by atoms with Crippen molar-refractivity contribution in [2.45, 2.75) is 25.6 Å². The Labute approximate surface area is 116 Å². The lowest BCUT2D eigenvalue weighted by Gasteiger charge is -2.37. The summed E-state index contributed by atoms with van der Waals surface area (Å²) in [5.74, 6) is 0.573. The van der Waals surface area contributed by atoms with E-state index in [0.29, 0.717) is 11.9 Å². The normalized spacial score (nSPS) is 26.1. The van der Waals surface area contributed by atoms with E-state index in [2.05, 4.69) is 52.0 Å². The van der Waals surface area contributed by atoms with Crippen LogP contribution in [0.3, 0.4) is 0 Å². The quantitative estimate of drug-likeness (QED) is 0.793. The Morgan fingerprint density at radius 2 is 2.12 bits per heavy atom. The van der Waals surface area contributed by atoms with Crippen molar-refractivity contribution in [2.24, 2.45) is 0 Å². The summed E-state index contributed by atoms with van der Waals surface area (Å²) >= 11 is 9.31. The van der Waals surface area contributed by atoms with Crippen LogP contribution in [0, 0.1) is 0 Å². The van der Waals surface area contributed by atoms with E-state index < -0.39 is 0 Å². The Balaban J connectivity index is 1.98. The van der Waals surface area contributed by atoms with Gasteiger partial charge in [0.2, 0.25) is 0 Å². The highest BCUT2D eigenvalue weighted by molar-refractivity contribution is 9.10. The molecule has 2 unspecified atom stereocenters. The van der Waals surface area contributed by atoms with Gasteiger partial charge in [-0.2, -0.15) is 0 Å². The zero-order chi connectivity index (χ0) is 12.3. The second-order valence-electron chi connectivity index (χ2n) is 4.51. The van der Waals surface area contributed by atoms with Gasteiger partial charge in [0.25, 0.3) is 0 Å². The number of rotatable bonds is 3. The van der Waals surface area contributed by atoms with Gasteiger partial charge in [-0.3, -0.25) is 4.90 Å². The SMILES string of the molecule is CC1COC(CCl)CN1Cc1ccc(Br)cc1. The minimum Gasteiger partial charge on any atom is -0.374 e. The van der Waals surface area contributed by atoms with Crippen molar-refractivity contribution in [3.05, 3.63) is 34.3 Å². The van der Waals surface area contributed by atoms with Gasteiger partial charge in [-0.1, -0.05) is 28.1 Å². The number of benzene rings is 1. The van der Waals surface area contributed by atoms with Crippen molar-refractivity contribution in [1.29, 1.82) is 0 Å². The van der Waals surface area contributed by atoms with Crippen molar-refractivity contribution >= 4 is 27.5 Å². The maximum atomic E-state index is 5.86. The molecule has 0 aliphatic carbocycles. The molecule has 0 N–H and O–H groups in total. The minimum absolute atomic E-state index is 0.170. The lowest BCUT2D eigenvalue weighted by molar-refractivity contribution is -0.0510. The summed E-state index contributed by atoms with van der Waals surface area (Å²) in [6.45, 7) is 4.85. The van der Waals surface area contributed by atoms with E-state index in [9.17, 15) is 0 Å². The number of hydrogen-bond acceptors (Lipinski definition) is 2. The van der Waals surface area contributed by atoms with E-state index in [4.69, 9.17) is 16.3 Å². The van der Waals surface area contributed by atoms with E-state index >= 15 is 0 Å². The molecule has 1 aromatic carbocycles. The molecular formula is C13H17BrClNO. The van der Waals surface area contributed by atoms with E-state index in [-0.39, 0.29) is 6.10 Å². The molecule has 2 rings (SSSR count). The molecule has 1 fully saturated rings. The predicted molar refractivity (Wildman–Crippen MR) is 74.5 cm³/mol. The van der Waals surface area contributed by atoms with Crippen LogP contribution in [-0.4, -0.2) is 36.1 Å². The average Bonchev–Trinajstić information content (AvgIpc) is 2.35. The molecule has 0 radical (unpaired) electrons. The van der Waals surface area contributed by atoms with Gasteiger partial charge in [0.15, 0.2) is 0 Å². The molecule has 1 aliphatic heterocycles. The van der Waals surface area contributed by atoms with Crippen molar-refractivity contribution in [2.75, 3.05) is 19.0 Å². The smallest absolute Gasteiger partial charge is 0.0838 e. The lowest BCUT2D eigenvalue weighted by atomic mass is 10.1. The highest BCUT2D eigenvalue weighted by Crippen LogP contribution is 2.17. The van der Waals surface area contributed by atoms with Gasteiger partial charge in [-0.25, -0.2) is 0 Å². The zero-order valence-electron chi connectivity index (χ0n) is 9.90. The average molecular weight is 319 g/mol. The van der Waals surface area contributed by atoms with Crippen molar-refractivity contribution in [3.63, 3.8) is 0 Å². The number of halogens is 2. The maximum absolute atomic E-state index is 5.86. The molecule has 0 spiro atoms. The molecule has 1 aromatic rings. The maximum Gasteiger partial charge on any atom is 0.0838 e. The van der Waals surface area contributed by atoms with E-state index in [1.807, 2.05) is 0 Å². The van der Waals surface area contributed by atoms with Gasteiger partial charge in [0.1, 0.15) is 0 Å². The molecule has 1 aliphatic rings. The highest BCUT2D eigenvalue weighted by Gasteiger charge is 2.25. The Bertz CT molecular complexity index is 357. The Morgan fingerprint density at radius 3 is 2.76 bits per heavy atom. The van der Waals surface area contributed by atoms with Gasteiger partial charge in [0, 0.05) is 29.5 Å². The first kappa shape index (κ1) is 13.3. The molecule has 1 heterocycles. The fraction of sp³-hybridized carbons (Fsp3) is 0.538. The number of hydrogen-bond donors (Lipinski definition) is 0. The third kappa shape index (κ3) is 3.68. The van der Waals surface area contributed by atoms with E-state index in [0.717, 1.165) is 24.2 Å². The summed E-state index contributed by atoms with van der Waals surface area (Å²) < 4.78 is 6.77. The summed E-state index contributed by atoms with van der Waals surface area (Å²) in [5.41, 5.74) is 1.33. The molecule has 0 saturated carbocycles. The fourth-order valence-corrected chi connectivity index (χ4v) is 2.46. The number of alkyl halides is 1. The largest absolute Gasteiger partial charge is 0.374 e. The van der Waals surface area contributed by atoms with E-state index in [1.54, 1.807) is 0 Å². The molecule has 94 valence electrons. The van der Waals surface area contributed by atoms with Crippen LogP contribution >= 0.6 is 27.5 Å². The highest BCUT2D eigenvalue weighted by atomic mass is 79.9. The topological polar surface area (TPSA) is 12.5 Å². The molecule has 4 heteroatoms. The monoisotopic (exact) mass is 317 g/mol. The van der Waals surface area contributed by atoms with E-state index in [1.165, 1.54) is 5.56 Å². The number of nitrogens with zero attached hydrogens (tertiary/aromatic N) is 1. The predicted octanol–water partition coefficient (Wildman–Crippen LogP) is 3.28. The molecule has 2 nitrogen and oxygen atoms in total. The van der Waals surface area contributed by atoms with Crippen LogP contribution in [0.2, 0.25) is 0 Å². The van der Waals surface area contributed by atoms with Crippen molar-refractivity contribution in [3.8, 4) is 0 Å². The van der Waals surface area contributed by atoms with Crippen LogP contribution < -0.4 is 0 Å². The number of ether oxygens (including phenoxy) is 1. The first-order chi connectivity index (χ1) is 8.19. The summed E-state index contributed by atoms with van der Waals surface area (Å²) in [6, 6.07) is 8.93. The third-order valence-electron chi connectivity index (χ3n) is 3.11. The molecule has 0 aromatic heterocycles. The first-order valence-electron chi connectivity index (χ1n) is 5.85. The second-order valence-corrected chi connectivity index (χ2v) is 5.74. The zero-order valence-corrected chi connectivity index (χ0v) is 12.2. The summed E-state index contributed by atoms with van der Waals surface area (Å²) in [4.78, 5) is 2.43. The molecule has 1 saturated heterocycles. The Morgan fingerprint density at radius 1 is 1.41 bits per heavy atom. The second kappa shape index (κ2) is 6.19. The van der Waals surface area contributed by atoms with Gasteiger partial charge in [-0.05, 0) is 24.6 Å². The van der Waals surface area contributed by atoms with Crippen LogP contribution in [0.25, 0.3) is 0 Å². The number of morpholine rings is 1. The molecule has 2 atom stereocenters. The van der Waals surface area contributed by atoms with Gasteiger partial charge in [-0.15, -0.1) is 11.6 Å². The lowest BCUT2D eigenvalue weighted by Crippen LogP contribution is -2.48. The summed E-state index contributed by atoms with van der Waals surface area (Å²) in [5, 5.41) is 0. The first-order valence-corrected chi connectivity index (χ1v) is 7.18. The Hall–Kier alpha value is -0.0900. The fourth-order valence-electron chi connectivity index (χ4n) is 2.01. The standard InChI is InChI=1S/C13H17BrClNO/c1-10-9-17-13(6-15)8-16(10)7-11-2-4-12(14)5-3-11/h2-5,10,13H,6-9H2,1H3. The van der Waals surface area contributed by atoms with Gasteiger partial charge >= 0.3 is 0 Å². The van der Waals surface area contributed by atoms with Gasteiger partial charge < -0.3 is 4.74 Å². The minimum atomic E-state index is 0.170. The summed E-state index contributed by atoms with van der Waals surface area (Å²) in [6.07, 6.45) is 0.170. The molecule has 17 heavy (non-hydrogen) atoms. The van der Waals surface area contributed by atoms with Crippen LogP contribution in [-0.2, 0) is 11.3 Å². The molecule has 0 bridgehead atoms. The van der Waals surface area contributed by atoms with Crippen LogP contribution in [0.4, 0.5) is 0 Å². The van der Waals surface area contributed by atoms with Crippen LogP contribution in [0.5, 0.6) is 0 Å². The molecular weight excluding hydrogens is 302 g/mol. The summed E-state index contributed by atoms with van der Waals surface area (Å²) in [7, 11) is 0. The van der Waals surface area contributed by atoms with Crippen LogP contribution in [0.15, 0.2) is 28.7 Å². The van der Waals surface area contributed by atoms with Gasteiger partial charge in [0.05, 0.1) is 12.7 Å². The van der Waals surface area contributed by atoms with Crippen LogP contribution in [0.1, 0.15) is 12.5 Å². The third-order valence-corrected chi connectivity index (χ3v) is 3.98.